The maximum Gasteiger partial charge on any atom is 0.436 e. The topological polar surface area (TPSA) is 82.5 Å². The highest BCUT2D eigenvalue weighted by molar-refractivity contribution is 14.1. The number of carbonyl (C=O) groups is 2. The molecule has 2 heterocycles. The number of alkyl halides is 3. The Kier molecular flexibility index (Phi) is 7.62. The molecule has 3 aromatic rings. The predicted octanol–water partition coefficient (Wildman–Crippen LogP) is 4.87. The lowest BCUT2D eigenvalue weighted by Gasteiger charge is -2.29. The SMILES string of the molecule is COC(=O)c1ccc([C@H](C)NC(=O)c2c(C(F)(F)F)nn3c2[N+](Cc2cccc(I)c2)(OC)CC3)cc1. The van der Waals surface area contributed by atoms with Crippen LogP contribution in [0.5, 0.6) is 0 Å². The first-order valence-corrected chi connectivity index (χ1v) is 12.4. The van der Waals surface area contributed by atoms with Crippen molar-refractivity contribution in [1.82, 2.24) is 19.7 Å². The van der Waals surface area contributed by atoms with Gasteiger partial charge in [0, 0.05) is 9.13 Å². The van der Waals surface area contributed by atoms with E-state index in [1.165, 1.54) is 31.0 Å². The molecular formula is C25H25F3IN4O4+. The lowest BCUT2D eigenvalue weighted by Crippen LogP contribution is -2.47. The second-order valence-electron chi connectivity index (χ2n) is 8.66. The number of amides is 1. The average Bonchev–Trinajstić information content (AvgIpc) is 3.42. The number of benzene rings is 2. The van der Waals surface area contributed by atoms with Gasteiger partial charge in [-0.05, 0) is 59.3 Å². The van der Waals surface area contributed by atoms with Gasteiger partial charge in [-0.3, -0.25) is 4.79 Å². The molecule has 1 aliphatic heterocycles. The third kappa shape index (κ3) is 5.36. The fourth-order valence-electron chi connectivity index (χ4n) is 4.50. The zero-order valence-electron chi connectivity index (χ0n) is 20.3. The van der Waals surface area contributed by atoms with E-state index in [0.717, 1.165) is 9.13 Å². The van der Waals surface area contributed by atoms with Gasteiger partial charge in [0.25, 0.3) is 11.7 Å². The molecule has 0 bridgehead atoms. The fraction of sp³-hybridized carbons (Fsp3) is 0.320. The predicted molar refractivity (Wildman–Crippen MR) is 137 cm³/mol. The molecule has 1 unspecified atom stereocenters. The number of esters is 1. The summed E-state index contributed by atoms with van der Waals surface area (Å²) in [6.07, 6.45) is -4.85. The number of hydrogen-bond acceptors (Lipinski definition) is 5. The van der Waals surface area contributed by atoms with Gasteiger partial charge in [-0.1, -0.05) is 24.3 Å². The van der Waals surface area contributed by atoms with Gasteiger partial charge in [0.15, 0.2) is 11.3 Å². The number of rotatable bonds is 7. The van der Waals surface area contributed by atoms with Crippen LogP contribution in [0.1, 0.15) is 50.5 Å². The van der Waals surface area contributed by atoms with Gasteiger partial charge in [-0.15, -0.1) is 4.65 Å². The number of hydroxylamine groups is 2. The van der Waals surface area contributed by atoms with Crippen molar-refractivity contribution in [2.75, 3.05) is 20.8 Å². The number of fused-ring (bicyclic) bond motifs is 1. The molecule has 12 heteroatoms. The molecular weight excluding hydrogens is 604 g/mol. The third-order valence-electron chi connectivity index (χ3n) is 6.34. The molecule has 8 nitrogen and oxygen atoms in total. The maximum atomic E-state index is 14.1. The normalized spacial score (nSPS) is 17.8. The molecule has 2 aromatic carbocycles. The van der Waals surface area contributed by atoms with Crippen molar-refractivity contribution in [2.24, 2.45) is 0 Å². The Bertz CT molecular complexity index is 1330. The molecule has 0 radical (unpaired) electrons. The third-order valence-corrected chi connectivity index (χ3v) is 7.01. The Hall–Kier alpha value is -2.97. The Morgan fingerprint density at radius 3 is 2.49 bits per heavy atom. The van der Waals surface area contributed by atoms with Gasteiger partial charge in [-0.2, -0.15) is 23.1 Å². The molecule has 1 amide bonds. The molecule has 0 spiro atoms. The first kappa shape index (κ1) is 27.1. The monoisotopic (exact) mass is 629 g/mol. The van der Waals surface area contributed by atoms with E-state index in [4.69, 9.17) is 4.84 Å². The summed E-state index contributed by atoms with van der Waals surface area (Å²) in [6.45, 7) is 2.34. The molecule has 1 aliphatic rings. The number of quaternary nitrogens is 1. The van der Waals surface area contributed by atoms with Crippen LogP contribution in [-0.2, 0) is 28.8 Å². The average molecular weight is 629 g/mol. The van der Waals surface area contributed by atoms with Crippen LogP contribution in [0.4, 0.5) is 19.0 Å². The van der Waals surface area contributed by atoms with E-state index in [2.05, 4.69) is 37.7 Å². The van der Waals surface area contributed by atoms with Gasteiger partial charge in [0.1, 0.15) is 13.1 Å². The van der Waals surface area contributed by atoms with Gasteiger partial charge in [-0.25, -0.2) is 9.48 Å². The minimum atomic E-state index is -4.85. The summed E-state index contributed by atoms with van der Waals surface area (Å²) in [4.78, 5) is 30.9. The molecule has 1 N–H and O–H groups in total. The van der Waals surface area contributed by atoms with Crippen LogP contribution in [-0.4, -0.2) is 42.4 Å². The Morgan fingerprint density at radius 2 is 1.89 bits per heavy atom. The molecule has 0 fully saturated rings. The molecule has 196 valence electrons. The van der Waals surface area contributed by atoms with Crippen molar-refractivity contribution in [3.05, 3.63) is 80.0 Å². The van der Waals surface area contributed by atoms with Crippen molar-refractivity contribution >= 4 is 40.3 Å². The molecule has 4 rings (SSSR count). The Balaban J connectivity index is 1.71. The van der Waals surface area contributed by atoms with Crippen LogP contribution in [0.25, 0.3) is 0 Å². The second kappa shape index (κ2) is 10.4. The van der Waals surface area contributed by atoms with Gasteiger partial charge >= 0.3 is 12.1 Å². The highest BCUT2D eigenvalue weighted by atomic mass is 127. The lowest BCUT2D eigenvalue weighted by atomic mass is 10.1. The standard InChI is InChI=1S/C25H24F3IN4O4/c1-15(17-7-9-18(10-8-17)24(35)36-2)30-22(34)20-21(25(26,27)28)31-32-11-12-33(37-3,23(20)32)14-16-5-4-6-19(29)13-16/h4-10,13,15H,11-12,14H2,1-3H3/p+1/t15-,33?/m0/s1. The number of ether oxygens (including phenoxy) is 1. The van der Waals surface area contributed by atoms with Crippen LogP contribution in [0.2, 0.25) is 0 Å². The van der Waals surface area contributed by atoms with E-state index in [1.807, 2.05) is 24.3 Å². The number of carbonyl (C=O) groups excluding carboxylic acids is 2. The Morgan fingerprint density at radius 1 is 1.19 bits per heavy atom. The summed E-state index contributed by atoms with van der Waals surface area (Å²) >= 11 is 2.16. The smallest absolute Gasteiger partial charge is 0.436 e. The zero-order valence-corrected chi connectivity index (χ0v) is 22.5. The van der Waals surface area contributed by atoms with Crippen LogP contribution in [0.15, 0.2) is 48.5 Å². The summed E-state index contributed by atoms with van der Waals surface area (Å²) in [7, 11) is 2.68. The molecule has 37 heavy (non-hydrogen) atoms. The minimum Gasteiger partial charge on any atom is -0.465 e. The summed E-state index contributed by atoms with van der Waals surface area (Å²) in [5, 5.41) is 6.45. The first-order chi connectivity index (χ1) is 17.5. The number of nitrogens with one attached hydrogen (secondary N) is 1. The molecule has 1 aromatic heterocycles. The van der Waals surface area contributed by atoms with Crippen LogP contribution in [0, 0.1) is 3.57 Å². The maximum absolute atomic E-state index is 14.1. The number of nitrogens with zero attached hydrogens (tertiary/aromatic N) is 3. The minimum absolute atomic E-state index is 0.0550. The summed E-state index contributed by atoms with van der Waals surface area (Å²) in [6, 6.07) is 13.2. The highest BCUT2D eigenvalue weighted by Crippen LogP contribution is 2.42. The highest BCUT2D eigenvalue weighted by Gasteiger charge is 2.52. The van der Waals surface area contributed by atoms with E-state index in [1.54, 1.807) is 19.1 Å². The molecule has 2 atom stereocenters. The zero-order chi connectivity index (χ0) is 27.0. The van der Waals surface area contributed by atoms with E-state index in [0.29, 0.717) is 17.7 Å². The first-order valence-electron chi connectivity index (χ1n) is 11.3. The number of methoxy groups -OCH3 is 1. The number of hydrogen-bond donors (Lipinski definition) is 1. The van der Waals surface area contributed by atoms with Crippen molar-refractivity contribution in [2.45, 2.75) is 32.2 Å². The summed E-state index contributed by atoms with van der Waals surface area (Å²) in [5.74, 6) is -1.38. The van der Waals surface area contributed by atoms with E-state index in [9.17, 15) is 22.8 Å². The quantitative estimate of drug-likeness (QED) is 0.229. The van der Waals surface area contributed by atoms with Gasteiger partial charge in [0.2, 0.25) is 0 Å². The van der Waals surface area contributed by atoms with E-state index >= 15 is 0 Å². The number of halogens is 4. The fourth-order valence-corrected chi connectivity index (χ4v) is 5.10. The second-order valence-corrected chi connectivity index (χ2v) is 9.91. The van der Waals surface area contributed by atoms with Crippen molar-refractivity contribution < 1.29 is 32.3 Å². The molecule has 0 saturated heterocycles. The van der Waals surface area contributed by atoms with Gasteiger partial charge < -0.3 is 10.1 Å². The molecule has 0 saturated carbocycles. The van der Waals surface area contributed by atoms with E-state index in [-0.39, 0.29) is 23.6 Å². The lowest BCUT2D eigenvalue weighted by molar-refractivity contribution is -0.142. The Labute approximate surface area is 225 Å². The van der Waals surface area contributed by atoms with Crippen molar-refractivity contribution in [3.8, 4) is 0 Å². The van der Waals surface area contributed by atoms with Crippen LogP contribution >= 0.6 is 22.6 Å². The van der Waals surface area contributed by atoms with Crippen molar-refractivity contribution in [3.63, 3.8) is 0 Å². The van der Waals surface area contributed by atoms with Gasteiger partial charge in [0.05, 0.1) is 32.4 Å². The summed E-state index contributed by atoms with van der Waals surface area (Å²) in [5.41, 5.74) is -0.0471. The van der Waals surface area contributed by atoms with Crippen molar-refractivity contribution in [1.29, 1.82) is 0 Å². The summed E-state index contributed by atoms with van der Waals surface area (Å²) < 4.78 is 48.7. The van der Waals surface area contributed by atoms with Crippen LogP contribution < -0.4 is 9.96 Å². The van der Waals surface area contributed by atoms with E-state index < -0.39 is 35.4 Å². The molecule has 0 aliphatic carbocycles. The largest absolute Gasteiger partial charge is 0.465 e. The van der Waals surface area contributed by atoms with Crippen LogP contribution in [0.3, 0.4) is 0 Å². The number of aromatic nitrogens is 2.